The van der Waals surface area contributed by atoms with Crippen LogP contribution in [0, 0.1) is 0 Å². The lowest BCUT2D eigenvalue weighted by molar-refractivity contribution is 0.0953. The summed E-state index contributed by atoms with van der Waals surface area (Å²) < 4.78 is 27.7. The Morgan fingerprint density at radius 1 is 1.12 bits per heavy atom. The predicted molar refractivity (Wildman–Crippen MR) is 127 cm³/mol. The standard InChI is InChI=1S/C23H34N4O4S/c1-3-4-12-26(2)13-8-11-24-23(29)20-17-22(28)25-21-10-9-18(16-19(20)21)32(30,31)27-14-6-5-7-15-27/h9-10,16-17H,3-8,11-15H2,1-2H3,(H,24,29)(H,25,28). The Balaban J connectivity index is 1.78. The molecular formula is C23H34N4O4S. The summed E-state index contributed by atoms with van der Waals surface area (Å²) in [7, 11) is -1.58. The summed E-state index contributed by atoms with van der Waals surface area (Å²) in [5.74, 6) is -0.371. The summed E-state index contributed by atoms with van der Waals surface area (Å²) >= 11 is 0. The van der Waals surface area contributed by atoms with Gasteiger partial charge in [0.15, 0.2) is 0 Å². The lowest BCUT2D eigenvalue weighted by atomic mass is 10.1. The normalized spacial score (nSPS) is 15.3. The van der Waals surface area contributed by atoms with Crippen LogP contribution in [0.2, 0.25) is 0 Å². The van der Waals surface area contributed by atoms with Crippen LogP contribution in [0.4, 0.5) is 0 Å². The Bertz CT molecular complexity index is 1090. The highest BCUT2D eigenvalue weighted by atomic mass is 32.2. The molecule has 0 bridgehead atoms. The molecule has 2 N–H and O–H groups in total. The first-order chi connectivity index (χ1) is 15.3. The SMILES string of the molecule is CCCCN(C)CCCNC(=O)c1cc(=O)[nH]c2ccc(S(=O)(=O)N3CCCCC3)cc12. The number of H-pyrrole nitrogens is 1. The van der Waals surface area contributed by atoms with Crippen molar-refractivity contribution in [2.45, 2.75) is 50.3 Å². The topological polar surface area (TPSA) is 103 Å². The molecule has 9 heteroatoms. The number of carbonyl (C=O) groups excluding carboxylic acids is 1. The summed E-state index contributed by atoms with van der Waals surface area (Å²) in [4.78, 5) is 30.0. The Hall–Kier alpha value is -2.23. The summed E-state index contributed by atoms with van der Waals surface area (Å²) in [6.07, 6.45) is 5.81. The number of nitrogens with zero attached hydrogens (tertiary/aromatic N) is 2. The lowest BCUT2D eigenvalue weighted by Gasteiger charge is -2.26. The molecule has 1 aliphatic heterocycles. The average Bonchev–Trinajstić information content (AvgIpc) is 2.80. The van der Waals surface area contributed by atoms with Crippen molar-refractivity contribution in [2.24, 2.45) is 0 Å². The van der Waals surface area contributed by atoms with Crippen LogP contribution >= 0.6 is 0 Å². The van der Waals surface area contributed by atoms with Gasteiger partial charge in [0, 0.05) is 36.6 Å². The third-order valence-electron chi connectivity index (χ3n) is 5.91. The number of hydrogen-bond acceptors (Lipinski definition) is 5. The molecule has 1 fully saturated rings. The van der Waals surface area contributed by atoms with Crippen LogP contribution in [-0.4, -0.2) is 68.3 Å². The number of aromatic amines is 1. The zero-order valence-electron chi connectivity index (χ0n) is 19.0. The van der Waals surface area contributed by atoms with E-state index in [1.54, 1.807) is 6.07 Å². The number of aromatic nitrogens is 1. The van der Waals surface area contributed by atoms with Gasteiger partial charge in [-0.2, -0.15) is 4.31 Å². The molecule has 0 spiro atoms. The number of piperidine rings is 1. The highest BCUT2D eigenvalue weighted by Crippen LogP contribution is 2.25. The molecule has 0 saturated carbocycles. The predicted octanol–water partition coefficient (Wildman–Crippen LogP) is 2.55. The monoisotopic (exact) mass is 462 g/mol. The number of fused-ring (bicyclic) bond motifs is 1. The maximum atomic E-state index is 13.1. The van der Waals surface area contributed by atoms with Crippen molar-refractivity contribution in [3.63, 3.8) is 0 Å². The first-order valence-corrected chi connectivity index (χ1v) is 12.9. The molecule has 1 aliphatic rings. The van der Waals surface area contributed by atoms with E-state index in [9.17, 15) is 18.0 Å². The van der Waals surface area contributed by atoms with E-state index in [1.807, 2.05) is 0 Å². The van der Waals surface area contributed by atoms with Gasteiger partial charge in [0.2, 0.25) is 15.6 Å². The van der Waals surface area contributed by atoms with Crippen LogP contribution in [0.15, 0.2) is 34.0 Å². The fraction of sp³-hybridized carbons (Fsp3) is 0.565. The van der Waals surface area contributed by atoms with Crippen LogP contribution < -0.4 is 10.9 Å². The highest BCUT2D eigenvalue weighted by molar-refractivity contribution is 7.89. The Labute approximate surface area is 190 Å². The number of carbonyl (C=O) groups is 1. The fourth-order valence-corrected chi connectivity index (χ4v) is 5.57. The van der Waals surface area contributed by atoms with Gasteiger partial charge < -0.3 is 15.2 Å². The van der Waals surface area contributed by atoms with Gasteiger partial charge in [-0.05, 0) is 64.0 Å². The van der Waals surface area contributed by atoms with Crippen molar-refractivity contribution >= 4 is 26.8 Å². The third kappa shape index (κ3) is 5.96. The maximum absolute atomic E-state index is 13.1. The van der Waals surface area contributed by atoms with Crippen LogP contribution in [0.1, 0.15) is 55.8 Å². The van der Waals surface area contributed by atoms with E-state index in [2.05, 4.69) is 29.2 Å². The summed E-state index contributed by atoms with van der Waals surface area (Å²) in [6.45, 7) is 5.54. The second kappa shape index (κ2) is 11.1. The molecule has 3 rings (SSSR count). The molecule has 8 nitrogen and oxygen atoms in total. The number of benzene rings is 1. The number of unbranched alkanes of at least 4 members (excludes halogenated alkanes) is 1. The molecular weight excluding hydrogens is 428 g/mol. The highest BCUT2D eigenvalue weighted by Gasteiger charge is 2.26. The van der Waals surface area contributed by atoms with Gasteiger partial charge in [-0.15, -0.1) is 0 Å². The number of rotatable bonds is 10. The minimum atomic E-state index is -3.64. The minimum Gasteiger partial charge on any atom is -0.352 e. The smallest absolute Gasteiger partial charge is 0.252 e. The first kappa shape index (κ1) is 24.4. The lowest BCUT2D eigenvalue weighted by Crippen LogP contribution is -2.35. The zero-order chi connectivity index (χ0) is 23.1. The van der Waals surface area contributed by atoms with Gasteiger partial charge in [-0.1, -0.05) is 19.8 Å². The molecule has 1 aromatic heterocycles. The van der Waals surface area contributed by atoms with Gasteiger partial charge in [0.05, 0.1) is 10.5 Å². The maximum Gasteiger partial charge on any atom is 0.252 e. The van der Waals surface area contributed by atoms with E-state index in [4.69, 9.17) is 0 Å². The third-order valence-corrected chi connectivity index (χ3v) is 7.80. The molecule has 1 aromatic carbocycles. The summed E-state index contributed by atoms with van der Waals surface area (Å²) in [5.41, 5.74) is 0.243. The van der Waals surface area contributed by atoms with Crippen LogP contribution in [0.5, 0.6) is 0 Å². The molecule has 0 aliphatic carbocycles. The molecule has 1 amide bonds. The molecule has 0 atom stereocenters. The minimum absolute atomic E-state index is 0.144. The van der Waals surface area contributed by atoms with Crippen molar-refractivity contribution < 1.29 is 13.2 Å². The van der Waals surface area contributed by atoms with Crippen molar-refractivity contribution in [1.29, 1.82) is 0 Å². The van der Waals surface area contributed by atoms with Crippen molar-refractivity contribution in [3.8, 4) is 0 Å². The fourth-order valence-electron chi connectivity index (χ4n) is 4.02. The molecule has 2 heterocycles. The zero-order valence-corrected chi connectivity index (χ0v) is 19.8. The van der Waals surface area contributed by atoms with Gasteiger partial charge >= 0.3 is 0 Å². The molecule has 1 saturated heterocycles. The molecule has 176 valence electrons. The average molecular weight is 463 g/mol. The van der Waals surface area contributed by atoms with Gasteiger partial charge in [0.1, 0.15) is 0 Å². The largest absolute Gasteiger partial charge is 0.352 e. The van der Waals surface area contributed by atoms with Crippen LogP contribution in [0.3, 0.4) is 0 Å². The molecule has 32 heavy (non-hydrogen) atoms. The van der Waals surface area contributed by atoms with E-state index in [0.29, 0.717) is 30.5 Å². The Morgan fingerprint density at radius 3 is 2.56 bits per heavy atom. The number of amides is 1. The molecule has 0 radical (unpaired) electrons. The second-order valence-electron chi connectivity index (χ2n) is 8.49. The van der Waals surface area contributed by atoms with E-state index in [-0.39, 0.29) is 16.4 Å². The van der Waals surface area contributed by atoms with Gasteiger partial charge in [-0.25, -0.2) is 8.42 Å². The number of sulfonamides is 1. The van der Waals surface area contributed by atoms with E-state index < -0.39 is 15.6 Å². The number of hydrogen-bond donors (Lipinski definition) is 2. The molecule has 2 aromatic rings. The van der Waals surface area contributed by atoms with Crippen molar-refractivity contribution in [1.82, 2.24) is 19.5 Å². The van der Waals surface area contributed by atoms with E-state index >= 15 is 0 Å². The van der Waals surface area contributed by atoms with Crippen LogP contribution in [0.25, 0.3) is 10.9 Å². The van der Waals surface area contributed by atoms with Gasteiger partial charge in [0.25, 0.3) is 5.91 Å². The number of pyridine rings is 1. The quantitative estimate of drug-likeness (QED) is 0.528. The number of nitrogens with one attached hydrogen (secondary N) is 2. The van der Waals surface area contributed by atoms with Crippen molar-refractivity contribution in [3.05, 3.63) is 40.2 Å². The van der Waals surface area contributed by atoms with E-state index in [0.717, 1.165) is 51.6 Å². The molecule has 0 unspecified atom stereocenters. The Kier molecular flexibility index (Phi) is 8.44. The van der Waals surface area contributed by atoms with Crippen LogP contribution in [-0.2, 0) is 10.0 Å². The van der Waals surface area contributed by atoms with Gasteiger partial charge in [-0.3, -0.25) is 9.59 Å². The second-order valence-corrected chi connectivity index (χ2v) is 10.4. The summed E-state index contributed by atoms with van der Waals surface area (Å²) in [6, 6.07) is 5.80. The Morgan fingerprint density at radius 2 is 1.84 bits per heavy atom. The summed E-state index contributed by atoms with van der Waals surface area (Å²) in [5, 5.41) is 3.30. The van der Waals surface area contributed by atoms with E-state index in [1.165, 1.54) is 22.5 Å². The first-order valence-electron chi connectivity index (χ1n) is 11.5. The van der Waals surface area contributed by atoms with Crippen molar-refractivity contribution in [2.75, 3.05) is 39.8 Å².